The van der Waals surface area contributed by atoms with Gasteiger partial charge in [-0.2, -0.15) is 0 Å². The second-order valence-electron chi connectivity index (χ2n) is 5.52. The SMILES string of the molecule is CCCCOc1ccc(C=Nc2ccc(OCCC)cc2)c(O)c1. The Kier molecular flexibility index (Phi) is 7.15. The van der Waals surface area contributed by atoms with Crippen LogP contribution >= 0.6 is 0 Å². The molecule has 0 spiro atoms. The Balaban J connectivity index is 1.98. The Morgan fingerprint density at radius 2 is 1.62 bits per heavy atom. The zero-order chi connectivity index (χ0) is 17.2. The van der Waals surface area contributed by atoms with Crippen molar-refractivity contribution in [3.05, 3.63) is 48.0 Å². The molecule has 4 heteroatoms. The topological polar surface area (TPSA) is 51.0 Å². The summed E-state index contributed by atoms with van der Waals surface area (Å²) in [5.74, 6) is 1.68. The number of aromatic hydroxyl groups is 1. The van der Waals surface area contributed by atoms with Crippen LogP contribution in [0, 0.1) is 0 Å². The normalized spacial score (nSPS) is 10.9. The summed E-state index contributed by atoms with van der Waals surface area (Å²) in [5.41, 5.74) is 1.46. The molecular weight excluding hydrogens is 302 g/mol. The maximum absolute atomic E-state index is 10.1. The molecule has 2 rings (SSSR count). The highest BCUT2D eigenvalue weighted by Crippen LogP contribution is 2.24. The van der Waals surface area contributed by atoms with Gasteiger partial charge in [-0.15, -0.1) is 0 Å². The standard InChI is InChI=1S/C20H25NO3/c1-3-5-13-24-19-9-6-16(20(22)14-19)15-21-17-7-10-18(11-8-17)23-12-4-2/h6-11,14-15,22H,3-5,12-13H2,1-2H3. The van der Waals surface area contributed by atoms with Crippen LogP contribution in [0.3, 0.4) is 0 Å². The van der Waals surface area contributed by atoms with Crippen LogP contribution < -0.4 is 9.47 Å². The van der Waals surface area contributed by atoms with Gasteiger partial charge in [0, 0.05) is 17.8 Å². The Morgan fingerprint density at radius 1 is 0.917 bits per heavy atom. The quantitative estimate of drug-likeness (QED) is 0.514. The first-order chi connectivity index (χ1) is 11.7. The third-order valence-electron chi connectivity index (χ3n) is 3.43. The summed E-state index contributed by atoms with van der Waals surface area (Å²) in [7, 11) is 0. The maximum atomic E-state index is 10.1. The van der Waals surface area contributed by atoms with Crippen LogP contribution in [0.5, 0.6) is 17.2 Å². The highest BCUT2D eigenvalue weighted by Gasteiger charge is 2.02. The third-order valence-corrected chi connectivity index (χ3v) is 3.43. The number of ether oxygens (including phenoxy) is 2. The Bertz CT molecular complexity index is 650. The van der Waals surface area contributed by atoms with Gasteiger partial charge in [-0.05, 0) is 49.2 Å². The molecule has 0 radical (unpaired) electrons. The molecule has 0 atom stereocenters. The molecule has 0 heterocycles. The van der Waals surface area contributed by atoms with Gasteiger partial charge in [-0.3, -0.25) is 4.99 Å². The number of hydrogen-bond donors (Lipinski definition) is 1. The van der Waals surface area contributed by atoms with Gasteiger partial charge in [0.2, 0.25) is 0 Å². The van der Waals surface area contributed by atoms with Crippen LogP contribution in [0.1, 0.15) is 38.7 Å². The number of benzene rings is 2. The predicted molar refractivity (Wildman–Crippen MR) is 98.0 cm³/mol. The van der Waals surface area contributed by atoms with E-state index in [0.717, 1.165) is 30.7 Å². The van der Waals surface area contributed by atoms with Crippen LogP contribution in [-0.2, 0) is 0 Å². The Morgan fingerprint density at radius 3 is 2.29 bits per heavy atom. The van der Waals surface area contributed by atoms with Crippen LogP contribution in [-0.4, -0.2) is 24.5 Å². The lowest BCUT2D eigenvalue weighted by molar-refractivity contribution is 0.307. The zero-order valence-corrected chi connectivity index (χ0v) is 14.4. The lowest BCUT2D eigenvalue weighted by Crippen LogP contribution is -1.96. The Labute approximate surface area is 143 Å². The highest BCUT2D eigenvalue weighted by molar-refractivity contribution is 5.85. The van der Waals surface area contributed by atoms with Gasteiger partial charge in [0.05, 0.1) is 18.9 Å². The fourth-order valence-electron chi connectivity index (χ4n) is 2.05. The average molecular weight is 327 g/mol. The van der Waals surface area contributed by atoms with E-state index in [1.807, 2.05) is 30.3 Å². The molecule has 2 aromatic carbocycles. The number of phenolic OH excluding ortho intramolecular Hbond substituents is 1. The van der Waals surface area contributed by atoms with Crippen molar-refractivity contribution in [2.45, 2.75) is 33.1 Å². The van der Waals surface area contributed by atoms with Gasteiger partial charge in [-0.25, -0.2) is 0 Å². The van der Waals surface area contributed by atoms with Gasteiger partial charge in [0.1, 0.15) is 17.2 Å². The molecule has 0 unspecified atom stereocenters. The summed E-state index contributed by atoms with van der Waals surface area (Å²) in [6, 6.07) is 12.8. The van der Waals surface area contributed by atoms with Crippen LogP contribution in [0.15, 0.2) is 47.5 Å². The van der Waals surface area contributed by atoms with Gasteiger partial charge >= 0.3 is 0 Å². The summed E-state index contributed by atoms with van der Waals surface area (Å²) in [5, 5.41) is 10.1. The third kappa shape index (κ3) is 5.61. The molecule has 0 saturated carbocycles. The molecule has 0 aliphatic heterocycles. The van der Waals surface area contributed by atoms with Crippen molar-refractivity contribution in [1.82, 2.24) is 0 Å². The molecule has 1 N–H and O–H groups in total. The fourth-order valence-corrected chi connectivity index (χ4v) is 2.05. The van der Waals surface area contributed by atoms with Gasteiger partial charge in [0.15, 0.2) is 0 Å². The first kappa shape index (κ1) is 17.9. The smallest absolute Gasteiger partial charge is 0.128 e. The lowest BCUT2D eigenvalue weighted by Gasteiger charge is -2.07. The summed E-state index contributed by atoms with van der Waals surface area (Å²) in [6.45, 7) is 5.56. The zero-order valence-electron chi connectivity index (χ0n) is 14.4. The minimum Gasteiger partial charge on any atom is -0.507 e. The molecule has 0 fully saturated rings. The molecule has 2 aromatic rings. The fraction of sp³-hybridized carbons (Fsp3) is 0.350. The molecule has 0 aliphatic rings. The minimum atomic E-state index is 0.163. The largest absolute Gasteiger partial charge is 0.507 e. The summed E-state index contributed by atoms with van der Waals surface area (Å²) in [4.78, 5) is 4.38. The van der Waals surface area contributed by atoms with Crippen LogP contribution in [0.4, 0.5) is 5.69 Å². The highest BCUT2D eigenvalue weighted by atomic mass is 16.5. The van der Waals surface area contributed by atoms with Crippen molar-refractivity contribution in [1.29, 1.82) is 0 Å². The van der Waals surface area contributed by atoms with E-state index in [2.05, 4.69) is 18.8 Å². The van der Waals surface area contributed by atoms with Crippen molar-refractivity contribution in [2.24, 2.45) is 4.99 Å². The number of nitrogens with zero attached hydrogens (tertiary/aromatic N) is 1. The van der Waals surface area contributed by atoms with Crippen molar-refractivity contribution in [3.63, 3.8) is 0 Å². The summed E-state index contributed by atoms with van der Waals surface area (Å²) in [6.07, 6.45) is 4.71. The molecule has 0 aromatic heterocycles. The van der Waals surface area contributed by atoms with Crippen molar-refractivity contribution in [2.75, 3.05) is 13.2 Å². The number of aliphatic imine (C=N–C) groups is 1. The van der Waals surface area contributed by atoms with Gasteiger partial charge < -0.3 is 14.6 Å². The molecule has 0 aliphatic carbocycles. The molecule has 24 heavy (non-hydrogen) atoms. The average Bonchev–Trinajstić information content (AvgIpc) is 2.60. The molecule has 128 valence electrons. The molecule has 0 amide bonds. The second-order valence-corrected chi connectivity index (χ2v) is 5.52. The number of unbranched alkanes of at least 4 members (excludes halogenated alkanes) is 1. The van der Waals surface area contributed by atoms with Crippen LogP contribution in [0.25, 0.3) is 0 Å². The molecular formula is C20H25NO3. The number of rotatable bonds is 9. The maximum Gasteiger partial charge on any atom is 0.128 e. The first-order valence-electron chi connectivity index (χ1n) is 8.45. The van der Waals surface area contributed by atoms with Crippen molar-refractivity contribution in [3.8, 4) is 17.2 Å². The molecule has 0 saturated heterocycles. The van der Waals surface area contributed by atoms with E-state index in [9.17, 15) is 5.11 Å². The van der Waals surface area contributed by atoms with E-state index in [4.69, 9.17) is 9.47 Å². The first-order valence-corrected chi connectivity index (χ1v) is 8.45. The van der Waals surface area contributed by atoms with Gasteiger partial charge in [-0.1, -0.05) is 20.3 Å². The monoisotopic (exact) mass is 327 g/mol. The minimum absolute atomic E-state index is 0.163. The lowest BCUT2D eigenvalue weighted by atomic mass is 10.2. The van der Waals surface area contributed by atoms with Crippen molar-refractivity contribution < 1.29 is 14.6 Å². The number of hydrogen-bond acceptors (Lipinski definition) is 4. The van der Waals surface area contributed by atoms with E-state index in [1.165, 1.54) is 0 Å². The van der Waals surface area contributed by atoms with E-state index in [0.29, 0.717) is 24.5 Å². The molecule has 4 nitrogen and oxygen atoms in total. The summed E-state index contributed by atoms with van der Waals surface area (Å²) >= 11 is 0. The van der Waals surface area contributed by atoms with E-state index < -0.39 is 0 Å². The summed E-state index contributed by atoms with van der Waals surface area (Å²) < 4.78 is 11.1. The van der Waals surface area contributed by atoms with Crippen LogP contribution in [0.2, 0.25) is 0 Å². The van der Waals surface area contributed by atoms with Crippen molar-refractivity contribution >= 4 is 11.9 Å². The Hall–Kier alpha value is -2.49. The van der Waals surface area contributed by atoms with E-state index in [-0.39, 0.29) is 5.75 Å². The van der Waals surface area contributed by atoms with Gasteiger partial charge in [0.25, 0.3) is 0 Å². The predicted octanol–water partition coefficient (Wildman–Crippen LogP) is 5.11. The molecule has 0 bridgehead atoms. The number of phenols is 1. The van der Waals surface area contributed by atoms with E-state index in [1.54, 1.807) is 18.3 Å². The second kappa shape index (κ2) is 9.60. The van der Waals surface area contributed by atoms with E-state index >= 15 is 0 Å².